The van der Waals surface area contributed by atoms with Gasteiger partial charge in [0.2, 0.25) is 5.71 Å². The van der Waals surface area contributed by atoms with Gasteiger partial charge in [0.25, 0.3) is 0 Å². The number of para-hydroxylation sites is 1. The van der Waals surface area contributed by atoms with Gasteiger partial charge in [0, 0.05) is 28.1 Å². The molecule has 0 unspecified atom stereocenters. The number of pyridine rings is 2. The highest BCUT2D eigenvalue weighted by atomic mass is 19.1. The summed E-state index contributed by atoms with van der Waals surface area (Å²) in [6.45, 7) is 2.04. The third-order valence-electron chi connectivity index (χ3n) is 4.68. The molecule has 0 saturated carbocycles. The second-order valence-electron chi connectivity index (χ2n) is 6.56. The summed E-state index contributed by atoms with van der Waals surface area (Å²) < 4.78 is 19.7. The highest BCUT2D eigenvalue weighted by Gasteiger charge is 2.14. The lowest BCUT2D eigenvalue weighted by molar-refractivity contribution is 0.628. The molecule has 0 bridgehead atoms. The number of furan rings is 1. The lowest BCUT2D eigenvalue weighted by Crippen LogP contribution is -1.84. The van der Waals surface area contributed by atoms with Crippen LogP contribution >= 0.6 is 0 Å². The SMILES string of the molecule is Cc1ccnc(-c2cccc3c2oc2nc(-c4cccc(F)c4)ccc23)c1. The summed E-state index contributed by atoms with van der Waals surface area (Å²) >= 11 is 0. The Kier molecular flexibility index (Phi) is 3.50. The van der Waals surface area contributed by atoms with E-state index in [1.54, 1.807) is 12.3 Å². The van der Waals surface area contributed by atoms with Gasteiger partial charge in [0.1, 0.15) is 11.4 Å². The first-order valence-electron chi connectivity index (χ1n) is 8.70. The largest absolute Gasteiger partial charge is 0.437 e. The van der Waals surface area contributed by atoms with E-state index in [0.717, 1.165) is 38.7 Å². The third kappa shape index (κ3) is 2.66. The number of rotatable bonds is 2. The van der Waals surface area contributed by atoms with Crippen molar-refractivity contribution in [2.24, 2.45) is 0 Å². The Morgan fingerprint density at radius 1 is 0.852 bits per heavy atom. The Bertz CT molecular complexity index is 1310. The van der Waals surface area contributed by atoms with Gasteiger partial charge < -0.3 is 4.42 Å². The minimum absolute atomic E-state index is 0.285. The van der Waals surface area contributed by atoms with Crippen molar-refractivity contribution in [3.8, 4) is 22.5 Å². The monoisotopic (exact) mass is 354 g/mol. The molecule has 3 nitrogen and oxygen atoms in total. The maximum atomic E-state index is 13.5. The predicted molar refractivity (Wildman–Crippen MR) is 105 cm³/mol. The van der Waals surface area contributed by atoms with Gasteiger partial charge in [-0.3, -0.25) is 4.98 Å². The van der Waals surface area contributed by atoms with E-state index < -0.39 is 0 Å². The molecule has 3 aromatic heterocycles. The van der Waals surface area contributed by atoms with E-state index in [1.807, 2.05) is 55.5 Å². The van der Waals surface area contributed by atoms with Gasteiger partial charge in [-0.25, -0.2) is 9.37 Å². The van der Waals surface area contributed by atoms with Crippen LogP contribution in [0.4, 0.5) is 4.39 Å². The first kappa shape index (κ1) is 15.7. The van der Waals surface area contributed by atoms with Gasteiger partial charge in [-0.1, -0.05) is 24.3 Å². The molecule has 0 radical (unpaired) electrons. The summed E-state index contributed by atoms with van der Waals surface area (Å²) in [6, 6.07) is 20.3. The molecule has 0 aliphatic rings. The number of benzene rings is 2. The Morgan fingerprint density at radius 3 is 2.59 bits per heavy atom. The van der Waals surface area contributed by atoms with Crippen molar-refractivity contribution in [1.29, 1.82) is 0 Å². The summed E-state index contributed by atoms with van der Waals surface area (Å²) in [5.74, 6) is -0.285. The minimum atomic E-state index is -0.285. The summed E-state index contributed by atoms with van der Waals surface area (Å²) in [6.07, 6.45) is 1.80. The molecule has 0 fully saturated rings. The van der Waals surface area contributed by atoms with Crippen LogP contribution < -0.4 is 0 Å². The van der Waals surface area contributed by atoms with Crippen LogP contribution in [0.15, 0.2) is 77.3 Å². The lowest BCUT2D eigenvalue weighted by atomic mass is 10.1. The average Bonchev–Trinajstić information content (AvgIpc) is 3.06. The van der Waals surface area contributed by atoms with Crippen LogP contribution in [0.2, 0.25) is 0 Å². The van der Waals surface area contributed by atoms with Crippen molar-refractivity contribution in [3.05, 3.63) is 84.3 Å². The summed E-state index contributed by atoms with van der Waals surface area (Å²) in [4.78, 5) is 9.11. The normalized spacial score (nSPS) is 11.3. The van der Waals surface area contributed by atoms with Gasteiger partial charge in [0.15, 0.2) is 0 Å². The van der Waals surface area contributed by atoms with E-state index in [1.165, 1.54) is 12.1 Å². The Hall–Kier alpha value is -3.53. The van der Waals surface area contributed by atoms with Crippen molar-refractivity contribution in [2.45, 2.75) is 6.92 Å². The molecular weight excluding hydrogens is 339 g/mol. The highest BCUT2D eigenvalue weighted by Crippen LogP contribution is 2.35. The molecule has 0 aliphatic heterocycles. The molecule has 130 valence electrons. The van der Waals surface area contributed by atoms with Crippen LogP contribution in [-0.2, 0) is 0 Å². The molecule has 0 amide bonds. The fraction of sp³-hybridized carbons (Fsp3) is 0.0435. The molecule has 27 heavy (non-hydrogen) atoms. The van der Waals surface area contributed by atoms with Crippen LogP contribution in [0.3, 0.4) is 0 Å². The zero-order valence-corrected chi connectivity index (χ0v) is 14.6. The highest BCUT2D eigenvalue weighted by molar-refractivity contribution is 6.08. The van der Waals surface area contributed by atoms with Crippen LogP contribution in [-0.4, -0.2) is 9.97 Å². The molecule has 4 heteroatoms. The van der Waals surface area contributed by atoms with E-state index in [-0.39, 0.29) is 5.82 Å². The van der Waals surface area contributed by atoms with Crippen molar-refractivity contribution < 1.29 is 8.81 Å². The summed E-state index contributed by atoms with van der Waals surface area (Å²) in [5, 5.41) is 1.92. The number of nitrogens with zero attached hydrogens (tertiary/aromatic N) is 2. The van der Waals surface area contributed by atoms with Gasteiger partial charge >= 0.3 is 0 Å². The van der Waals surface area contributed by atoms with Gasteiger partial charge in [0.05, 0.1) is 11.4 Å². The van der Waals surface area contributed by atoms with Crippen LogP contribution in [0.25, 0.3) is 44.6 Å². The van der Waals surface area contributed by atoms with Crippen molar-refractivity contribution in [1.82, 2.24) is 9.97 Å². The molecule has 2 aromatic carbocycles. The number of fused-ring (bicyclic) bond motifs is 3. The number of aryl methyl sites for hydroxylation is 1. The number of hydrogen-bond acceptors (Lipinski definition) is 3. The molecule has 5 aromatic rings. The molecule has 5 rings (SSSR count). The quantitative estimate of drug-likeness (QED) is 0.381. The number of aromatic nitrogens is 2. The Balaban J connectivity index is 1.73. The minimum Gasteiger partial charge on any atom is -0.437 e. The zero-order chi connectivity index (χ0) is 18.4. The Morgan fingerprint density at radius 2 is 1.74 bits per heavy atom. The molecule has 0 saturated heterocycles. The average molecular weight is 354 g/mol. The predicted octanol–water partition coefficient (Wildman–Crippen LogP) is 6.16. The molecular formula is C23H15FN2O. The van der Waals surface area contributed by atoms with E-state index in [4.69, 9.17) is 4.42 Å². The van der Waals surface area contributed by atoms with Crippen LogP contribution in [0.5, 0.6) is 0 Å². The van der Waals surface area contributed by atoms with Crippen molar-refractivity contribution in [3.63, 3.8) is 0 Å². The van der Waals surface area contributed by atoms with Gasteiger partial charge in [-0.2, -0.15) is 0 Å². The van der Waals surface area contributed by atoms with E-state index in [9.17, 15) is 4.39 Å². The molecule has 3 heterocycles. The zero-order valence-electron chi connectivity index (χ0n) is 14.6. The van der Waals surface area contributed by atoms with Gasteiger partial charge in [-0.15, -0.1) is 0 Å². The summed E-state index contributed by atoms with van der Waals surface area (Å²) in [5.41, 5.74) is 5.63. The number of hydrogen-bond donors (Lipinski definition) is 0. The fourth-order valence-corrected chi connectivity index (χ4v) is 3.37. The first-order chi connectivity index (χ1) is 13.2. The second-order valence-corrected chi connectivity index (χ2v) is 6.56. The number of halogens is 1. The maximum absolute atomic E-state index is 13.5. The van der Waals surface area contributed by atoms with Crippen molar-refractivity contribution in [2.75, 3.05) is 0 Å². The lowest BCUT2D eigenvalue weighted by Gasteiger charge is -2.02. The Labute approximate surface area is 155 Å². The first-order valence-corrected chi connectivity index (χ1v) is 8.70. The smallest absolute Gasteiger partial charge is 0.227 e. The summed E-state index contributed by atoms with van der Waals surface area (Å²) in [7, 11) is 0. The van der Waals surface area contributed by atoms with Crippen LogP contribution in [0.1, 0.15) is 5.56 Å². The molecule has 0 aliphatic carbocycles. The van der Waals surface area contributed by atoms with Crippen LogP contribution in [0, 0.1) is 12.7 Å². The van der Waals surface area contributed by atoms with Crippen molar-refractivity contribution >= 4 is 22.1 Å². The molecule has 0 atom stereocenters. The maximum Gasteiger partial charge on any atom is 0.227 e. The topological polar surface area (TPSA) is 38.9 Å². The molecule has 0 N–H and O–H groups in total. The van der Waals surface area contributed by atoms with Gasteiger partial charge in [-0.05, 0) is 55.0 Å². The third-order valence-corrected chi connectivity index (χ3v) is 4.68. The second kappa shape index (κ2) is 6.02. The van der Waals surface area contributed by atoms with E-state index in [2.05, 4.69) is 9.97 Å². The molecule has 0 spiro atoms. The standard InChI is InChI=1S/C23H15FN2O/c1-14-10-11-25-21(12-14)19-7-3-6-17-18-8-9-20(26-23(18)27-22(17)19)15-4-2-5-16(24)13-15/h2-13H,1H3. The van der Waals surface area contributed by atoms with E-state index >= 15 is 0 Å². The van der Waals surface area contributed by atoms with E-state index in [0.29, 0.717) is 11.4 Å². The fourth-order valence-electron chi connectivity index (χ4n) is 3.37.